The molecule has 82 valence electrons. The van der Waals surface area contributed by atoms with E-state index in [-0.39, 0.29) is 6.04 Å². The standard InChI is InChI=1S/C13H20N2/c1-3-8-15(2)13-9-12(14)10-6-4-5-7-11(10)13/h4-7,12-13H,3,8-9,14H2,1-2H3. The summed E-state index contributed by atoms with van der Waals surface area (Å²) in [5, 5.41) is 0. The van der Waals surface area contributed by atoms with E-state index < -0.39 is 0 Å². The second-order valence-electron chi connectivity index (χ2n) is 4.47. The van der Waals surface area contributed by atoms with Crippen LogP contribution in [0.25, 0.3) is 0 Å². The molecule has 0 fully saturated rings. The Hall–Kier alpha value is -0.860. The van der Waals surface area contributed by atoms with Crippen LogP contribution in [0.1, 0.15) is 43.0 Å². The topological polar surface area (TPSA) is 29.3 Å². The maximum Gasteiger partial charge on any atom is 0.0366 e. The van der Waals surface area contributed by atoms with E-state index in [1.807, 2.05) is 0 Å². The molecule has 0 aromatic heterocycles. The van der Waals surface area contributed by atoms with Crippen LogP contribution in [0, 0.1) is 0 Å². The van der Waals surface area contributed by atoms with Gasteiger partial charge in [-0.05, 0) is 37.6 Å². The van der Waals surface area contributed by atoms with E-state index in [9.17, 15) is 0 Å². The third kappa shape index (κ3) is 1.92. The molecule has 0 heterocycles. The highest BCUT2D eigenvalue weighted by Gasteiger charge is 2.30. The van der Waals surface area contributed by atoms with Gasteiger partial charge in [-0.15, -0.1) is 0 Å². The van der Waals surface area contributed by atoms with Crippen molar-refractivity contribution in [3.05, 3.63) is 35.4 Å². The van der Waals surface area contributed by atoms with Gasteiger partial charge in [-0.25, -0.2) is 0 Å². The third-order valence-corrected chi connectivity index (χ3v) is 3.34. The quantitative estimate of drug-likeness (QED) is 0.819. The molecule has 2 nitrogen and oxygen atoms in total. The molecule has 1 aromatic carbocycles. The van der Waals surface area contributed by atoms with E-state index in [0.29, 0.717) is 6.04 Å². The molecule has 0 saturated heterocycles. The number of benzene rings is 1. The summed E-state index contributed by atoms with van der Waals surface area (Å²) in [5.41, 5.74) is 8.91. The molecular formula is C13H20N2. The number of hydrogen-bond acceptors (Lipinski definition) is 2. The van der Waals surface area contributed by atoms with E-state index in [1.54, 1.807) is 0 Å². The zero-order valence-electron chi connectivity index (χ0n) is 9.61. The van der Waals surface area contributed by atoms with E-state index in [0.717, 1.165) is 13.0 Å². The van der Waals surface area contributed by atoms with Crippen LogP contribution in [0.5, 0.6) is 0 Å². The van der Waals surface area contributed by atoms with Crippen molar-refractivity contribution in [3.63, 3.8) is 0 Å². The van der Waals surface area contributed by atoms with Crippen LogP contribution in [-0.2, 0) is 0 Å². The minimum Gasteiger partial charge on any atom is -0.324 e. The lowest BCUT2D eigenvalue weighted by atomic mass is 10.1. The first-order valence-corrected chi connectivity index (χ1v) is 5.78. The number of hydrogen-bond donors (Lipinski definition) is 1. The average Bonchev–Trinajstić information content (AvgIpc) is 2.58. The monoisotopic (exact) mass is 204 g/mol. The molecule has 2 unspecified atom stereocenters. The molecule has 0 bridgehead atoms. The Labute approximate surface area is 92.1 Å². The zero-order chi connectivity index (χ0) is 10.8. The van der Waals surface area contributed by atoms with Gasteiger partial charge in [-0.1, -0.05) is 31.2 Å². The molecule has 1 aromatic rings. The molecule has 1 aliphatic carbocycles. The average molecular weight is 204 g/mol. The first-order valence-electron chi connectivity index (χ1n) is 5.78. The Morgan fingerprint density at radius 3 is 2.67 bits per heavy atom. The molecule has 2 N–H and O–H groups in total. The van der Waals surface area contributed by atoms with Crippen molar-refractivity contribution < 1.29 is 0 Å². The normalized spacial score (nSPS) is 24.5. The largest absolute Gasteiger partial charge is 0.324 e. The van der Waals surface area contributed by atoms with Gasteiger partial charge in [0.05, 0.1) is 0 Å². The van der Waals surface area contributed by atoms with Crippen LogP contribution in [-0.4, -0.2) is 18.5 Å². The summed E-state index contributed by atoms with van der Waals surface area (Å²) < 4.78 is 0. The Kier molecular flexibility index (Phi) is 3.08. The first-order chi connectivity index (χ1) is 7.24. The van der Waals surface area contributed by atoms with E-state index >= 15 is 0 Å². The molecule has 0 aliphatic heterocycles. The molecule has 2 rings (SSSR count). The molecule has 2 heteroatoms. The summed E-state index contributed by atoms with van der Waals surface area (Å²) in [6, 6.07) is 9.34. The highest BCUT2D eigenvalue weighted by atomic mass is 15.1. The smallest absolute Gasteiger partial charge is 0.0366 e. The van der Waals surface area contributed by atoms with E-state index in [4.69, 9.17) is 5.73 Å². The van der Waals surface area contributed by atoms with Gasteiger partial charge in [0, 0.05) is 12.1 Å². The summed E-state index contributed by atoms with van der Waals surface area (Å²) in [5.74, 6) is 0. The van der Waals surface area contributed by atoms with Crippen LogP contribution < -0.4 is 5.73 Å². The fraction of sp³-hybridized carbons (Fsp3) is 0.538. The molecule has 1 aliphatic rings. The molecule has 15 heavy (non-hydrogen) atoms. The van der Waals surface area contributed by atoms with Crippen molar-refractivity contribution >= 4 is 0 Å². The zero-order valence-corrected chi connectivity index (χ0v) is 9.61. The van der Waals surface area contributed by atoms with Crippen LogP contribution in [0.15, 0.2) is 24.3 Å². The van der Waals surface area contributed by atoms with Gasteiger partial charge < -0.3 is 5.73 Å². The number of nitrogens with two attached hydrogens (primary N) is 1. The van der Waals surface area contributed by atoms with Gasteiger partial charge >= 0.3 is 0 Å². The summed E-state index contributed by atoms with van der Waals surface area (Å²) in [7, 11) is 2.20. The van der Waals surface area contributed by atoms with Crippen molar-refractivity contribution in [3.8, 4) is 0 Å². The van der Waals surface area contributed by atoms with Crippen LogP contribution >= 0.6 is 0 Å². The van der Waals surface area contributed by atoms with Crippen molar-refractivity contribution in [1.82, 2.24) is 4.90 Å². The van der Waals surface area contributed by atoms with Gasteiger partial charge in [0.25, 0.3) is 0 Å². The second kappa shape index (κ2) is 4.33. The minimum atomic E-state index is 0.227. The summed E-state index contributed by atoms with van der Waals surface area (Å²) in [6.07, 6.45) is 2.26. The fourth-order valence-electron chi connectivity index (χ4n) is 2.57. The van der Waals surface area contributed by atoms with Crippen LogP contribution in [0.3, 0.4) is 0 Å². The predicted octanol–water partition coefficient (Wildman–Crippen LogP) is 2.47. The number of rotatable bonds is 3. The lowest BCUT2D eigenvalue weighted by Crippen LogP contribution is -2.24. The molecule has 0 saturated carbocycles. The van der Waals surface area contributed by atoms with Gasteiger partial charge in [-0.2, -0.15) is 0 Å². The molecule has 0 spiro atoms. The number of nitrogens with zero attached hydrogens (tertiary/aromatic N) is 1. The van der Waals surface area contributed by atoms with Crippen LogP contribution in [0.2, 0.25) is 0 Å². The van der Waals surface area contributed by atoms with Gasteiger partial charge in [0.1, 0.15) is 0 Å². The Bertz CT molecular complexity index is 335. The van der Waals surface area contributed by atoms with Gasteiger partial charge in [-0.3, -0.25) is 4.90 Å². The predicted molar refractivity (Wildman–Crippen MR) is 63.6 cm³/mol. The maximum atomic E-state index is 6.14. The number of fused-ring (bicyclic) bond motifs is 1. The Balaban J connectivity index is 2.24. The Morgan fingerprint density at radius 1 is 1.33 bits per heavy atom. The lowest BCUT2D eigenvalue weighted by molar-refractivity contribution is 0.238. The lowest BCUT2D eigenvalue weighted by Gasteiger charge is -2.24. The minimum absolute atomic E-state index is 0.227. The second-order valence-corrected chi connectivity index (χ2v) is 4.47. The van der Waals surface area contributed by atoms with Crippen molar-refractivity contribution in [2.75, 3.05) is 13.6 Å². The van der Waals surface area contributed by atoms with Crippen molar-refractivity contribution in [2.24, 2.45) is 5.73 Å². The highest BCUT2D eigenvalue weighted by Crippen LogP contribution is 2.40. The van der Waals surface area contributed by atoms with E-state index in [2.05, 4.69) is 43.1 Å². The molecular weight excluding hydrogens is 184 g/mol. The summed E-state index contributed by atoms with van der Waals surface area (Å²) >= 11 is 0. The third-order valence-electron chi connectivity index (χ3n) is 3.34. The Morgan fingerprint density at radius 2 is 2.00 bits per heavy atom. The van der Waals surface area contributed by atoms with Gasteiger partial charge in [0.15, 0.2) is 0 Å². The van der Waals surface area contributed by atoms with Crippen LogP contribution in [0.4, 0.5) is 0 Å². The maximum absolute atomic E-state index is 6.14. The molecule has 0 radical (unpaired) electrons. The first kappa shape index (κ1) is 10.7. The van der Waals surface area contributed by atoms with Gasteiger partial charge in [0.2, 0.25) is 0 Å². The summed E-state index contributed by atoms with van der Waals surface area (Å²) in [4.78, 5) is 2.42. The molecule has 0 amide bonds. The highest BCUT2D eigenvalue weighted by molar-refractivity contribution is 5.37. The van der Waals surface area contributed by atoms with Crippen molar-refractivity contribution in [1.29, 1.82) is 0 Å². The fourth-order valence-corrected chi connectivity index (χ4v) is 2.57. The van der Waals surface area contributed by atoms with Crippen molar-refractivity contribution in [2.45, 2.75) is 31.8 Å². The van der Waals surface area contributed by atoms with E-state index in [1.165, 1.54) is 17.5 Å². The summed E-state index contributed by atoms with van der Waals surface area (Å²) in [6.45, 7) is 3.36. The molecule has 2 atom stereocenters. The SMILES string of the molecule is CCCN(C)C1CC(N)c2ccccc21.